The molecule has 2 N–H and O–H groups in total. The summed E-state index contributed by atoms with van der Waals surface area (Å²) in [5.74, 6) is 0.168. The van der Waals surface area contributed by atoms with E-state index in [2.05, 4.69) is 29.4 Å². The zero-order valence-electron chi connectivity index (χ0n) is 12.2. The first-order chi connectivity index (χ1) is 8.62. The lowest BCUT2D eigenvalue weighted by molar-refractivity contribution is -0.127. The SMILES string of the molecule is CCN(CC)CCCNC(=O)C1(C)CCCCN1. The van der Waals surface area contributed by atoms with E-state index in [4.69, 9.17) is 0 Å². The standard InChI is InChI=1S/C14H29N3O/c1-4-17(5-2)12-8-10-15-13(18)14(3)9-6-7-11-16-14/h16H,4-12H2,1-3H3,(H,15,18). The van der Waals surface area contributed by atoms with Crippen molar-refractivity contribution in [1.82, 2.24) is 15.5 Å². The van der Waals surface area contributed by atoms with Crippen LogP contribution in [0, 0.1) is 0 Å². The minimum atomic E-state index is -0.340. The summed E-state index contributed by atoms with van der Waals surface area (Å²) in [4.78, 5) is 14.5. The molecule has 4 nitrogen and oxygen atoms in total. The van der Waals surface area contributed by atoms with E-state index in [0.717, 1.165) is 52.0 Å². The van der Waals surface area contributed by atoms with Crippen LogP contribution in [0.3, 0.4) is 0 Å². The van der Waals surface area contributed by atoms with Crippen LogP contribution in [0.15, 0.2) is 0 Å². The summed E-state index contributed by atoms with van der Waals surface area (Å²) < 4.78 is 0. The molecule has 1 saturated heterocycles. The Kier molecular flexibility index (Phi) is 6.65. The van der Waals surface area contributed by atoms with Gasteiger partial charge < -0.3 is 15.5 Å². The molecule has 1 atom stereocenters. The van der Waals surface area contributed by atoms with Gasteiger partial charge in [0.25, 0.3) is 0 Å². The second-order valence-corrected chi connectivity index (χ2v) is 5.35. The Balaban J connectivity index is 2.20. The van der Waals surface area contributed by atoms with Gasteiger partial charge >= 0.3 is 0 Å². The molecule has 0 aromatic rings. The molecule has 1 aliphatic heterocycles. The van der Waals surface area contributed by atoms with Gasteiger partial charge in [-0.25, -0.2) is 0 Å². The molecule has 0 radical (unpaired) electrons. The molecule has 0 aromatic carbocycles. The molecule has 0 aliphatic carbocycles. The fourth-order valence-electron chi connectivity index (χ4n) is 2.49. The summed E-state index contributed by atoms with van der Waals surface area (Å²) in [5, 5.41) is 6.41. The van der Waals surface area contributed by atoms with Crippen LogP contribution < -0.4 is 10.6 Å². The number of carbonyl (C=O) groups excluding carboxylic acids is 1. The summed E-state index contributed by atoms with van der Waals surface area (Å²) in [7, 11) is 0. The number of nitrogens with zero attached hydrogens (tertiary/aromatic N) is 1. The number of rotatable bonds is 7. The Labute approximate surface area is 111 Å². The number of hydrogen-bond donors (Lipinski definition) is 2. The van der Waals surface area contributed by atoms with Crippen molar-refractivity contribution in [3.63, 3.8) is 0 Å². The first-order valence-electron chi connectivity index (χ1n) is 7.38. The van der Waals surface area contributed by atoms with E-state index in [9.17, 15) is 4.79 Å². The molecular formula is C14H29N3O. The Morgan fingerprint density at radius 3 is 2.61 bits per heavy atom. The van der Waals surface area contributed by atoms with Crippen molar-refractivity contribution in [2.45, 2.75) is 52.0 Å². The van der Waals surface area contributed by atoms with Gasteiger partial charge in [-0.05, 0) is 58.8 Å². The van der Waals surface area contributed by atoms with Gasteiger partial charge in [0, 0.05) is 6.54 Å². The molecule has 0 aromatic heterocycles. The highest BCUT2D eigenvalue weighted by Gasteiger charge is 2.33. The topological polar surface area (TPSA) is 44.4 Å². The number of amides is 1. The number of piperidine rings is 1. The maximum Gasteiger partial charge on any atom is 0.240 e. The highest BCUT2D eigenvalue weighted by Crippen LogP contribution is 2.18. The minimum absolute atomic E-state index is 0.168. The van der Waals surface area contributed by atoms with Crippen LogP contribution in [0.2, 0.25) is 0 Å². The third-order valence-corrected chi connectivity index (χ3v) is 3.95. The quantitative estimate of drug-likeness (QED) is 0.675. The fourth-order valence-corrected chi connectivity index (χ4v) is 2.49. The summed E-state index contributed by atoms with van der Waals surface area (Å²) >= 11 is 0. The Morgan fingerprint density at radius 1 is 1.33 bits per heavy atom. The van der Waals surface area contributed by atoms with Crippen molar-refractivity contribution in [2.75, 3.05) is 32.7 Å². The van der Waals surface area contributed by atoms with Crippen LogP contribution >= 0.6 is 0 Å². The highest BCUT2D eigenvalue weighted by molar-refractivity contribution is 5.85. The lowest BCUT2D eigenvalue weighted by atomic mass is 9.90. The summed E-state index contributed by atoms with van der Waals surface area (Å²) in [6, 6.07) is 0. The van der Waals surface area contributed by atoms with Crippen molar-refractivity contribution in [1.29, 1.82) is 0 Å². The van der Waals surface area contributed by atoms with E-state index in [-0.39, 0.29) is 11.4 Å². The molecule has 1 heterocycles. The van der Waals surface area contributed by atoms with E-state index < -0.39 is 0 Å². The van der Waals surface area contributed by atoms with E-state index in [1.165, 1.54) is 6.42 Å². The lowest BCUT2D eigenvalue weighted by Crippen LogP contribution is -2.57. The van der Waals surface area contributed by atoms with Gasteiger partial charge in [-0.1, -0.05) is 13.8 Å². The van der Waals surface area contributed by atoms with Crippen LogP contribution in [0.25, 0.3) is 0 Å². The van der Waals surface area contributed by atoms with Crippen LogP contribution in [0.5, 0.6) is 0 Å². The summed E-state index contributed by atoms with van der Waals surface area (Å²) in [6.07, 6.45) is 4.32. The predicted molar refractivity (Wildman–Crippen MR) is 75.7 cm³/mol. The highest BCUT2D eigenvalue weighted by atomic mass is 16.2. The third kappa shape index (κ3) is 4.58. The molecule has 0 saturated carbocycles. The first kappa shape index (κ1) is 15.4. The molecule has 1 rings (SSSR count). The van der Waals surface area contributed by atoms with Gasteiger partial charge in [-0.2, -0.15) is 0 Å². The van der Waals surface area contributed by atoms with Gasteiger partial charge in [0.05, 0.1) is 5.54 Å². The molecule has 1 amide bonds. The van der Waals surface area contributed by atoms with Crippen molar-refractivity contribution in [3.8, 4) is 0 Å². The summed E-state index contributed by atoms with van der Waals surface area (Å²) in [5.41, 5.74) is -0.340. The second-order valence-electron chi connectivity index (χ2n) is 5.35. The van der Waals surface area contributed by atoms with Gasteiger partial charge in [0.15, 0.2) is 0 Å². The van der Waals surface area contributed by atoms with Crippen molar-refractivity contribution in [2.24, 2.45) is 0 Å². The maximum atomic E-state index is 12.1. The Morgan fingerprint density at radius 2 is 2.06 bits per heavy atom. The molecule has 106 valence electrons. The van der Waals surface area contributed by atoms with Crippen LogP contribution in [0.1, 0.15) is 46.5 Å². The van der Waals surface area contributed by atoms with Crippen molar-refractivity contribution >= 4 is 5.91 Å². The first-order valence-corrected chi connectivity index (χ1v) is 7.38. The molecule has 1 fully saturated rings. The van der Waals surface area contributed by atoms with Gasteiger partial charge in [-0.3, -0.25) is 4.79 Å². The number of nitrogens with one attached hydrogen (secondary N) is 2. The Bertz CT molecular complexity index is 245. The van der Waals surface area contributed by atoms with Crippen LogP contribution in [0.4, 0.5) is 0 Å². The van der Waals surface area contributed by atoms with Gasteiger partial charge in [0.1, 0.15) is 0 Å². The number of carbonyl (C=O) groups is 1. The average molecular weight is 255 g/mol. The molecule has 1 unspecified atom stereocenters. The van der Waals surface area contributed by atoms with Gasteiger partial charge in [-0.15, -0.1) is 0 Å². The molecule has 0 bridgehead atoms. The van der Waals surface area contributed by atoms with E-state index >= 15 is 0 Å². The van der Waals surface area contributed by atoms with E-state index in [1.807, 2.05) is 6.92 Å². The largest absolute Gasteiger partial charge is 0.354 e. The van der Waals surface area contributed by atoms with E-state index in [0.29, 0.717) is 0 Å². The second kappa shape index (κ2) is 7.74. The predicted octanol–water partition coefficient (Wildman–Crippen LogP) is 1.37. The minimum Gasteiger partial charge on any atom is -0.354 e. The number of hydrogen-bond acceptors (Lipinski definition) is 3. The summed E-state index contributed by atoms with van der Waals surface area (Å²) in [6.45, 7) is 11.4. The molecule has 18 heavy (non-hydrogen) atoms. The van der Waals surface area contributed by atoms with Crippen LogP contribution in [-0.4, -0.2) is 49.1 Å². The smallest absolute Gasteiger partial charge is 0.240 e. The van der Waals surface area contributed by atoms with Crippen molar-refractivity contribution < 1.29 is 4.79 Å². The van der Waals surface area contributed by atoms with Crippen LogP contribution in [-0.2, 0) is 4.79 Å². The zero-order valence-corrected chi connectivity index (χ0v) is 12.2. The van der Waals surface area contributed by atoms with Crippen molar-refractivity contribution in [3.05, 3.63) is 0 Å². The third-order valence-electron chi connectivity index (χ3n) is 3.95. The molecule has 1 aliphatic rings. The average Bonchev–Trinajstić information content (AvgIpc) is 2.39. The molecule has 4 heteroatoms. The normalized spacial score (nSPS) is 24.2. The monoisotopic (exact) mass is 255 g/mol. The lowest BCUT2D eigenvalue weighted by Gasteiger charge is -2.33. The van der Waals surface area contributed by atoms with Gasteiger partial charge in [0.2, 0.25) is 5.91 Å². The fraction of sp³-hybridized carbons (Fsp3) is 0.929. The molecular weight excluding hydrogens is 226 g/mol. The Hall–Kier alpha value is -0.610. The maximum absolute atomic E-state index is 12.1. The molecule has 0 spiro atoms. The van der Waals surface area contributed by atoms with E-state index in [1.54, 1.807) is 0 Å². The zero-order chi connectivity index (χ0) is 13.4.